The largest absolute Gasteiger partial charge is 0.396 e. The van der Waals surface area contributed by atoms with E-state index in [1.165, 1.54) is 16.8 Å². The first-order valence-corrected chi connectivity index (χ1v) is 7.39. The Labute approximate surface area is 125 Å². The summed E-state index contributed by atoms with van der Waals surface area (Å²) in [4.78, 5) is 6.49. The highest BCUT2D eigenvalue weighted by atomic mass is 16.3. The normalized spacial score (nSPS) is 22.8. The monoisotopic (exact) mass is 286 g/mol. The standard InChI is InChI=1S/C16H22N4O/c1-12-14(7-18-19(12)2)8-20-9-15(11-21)16(10-20)13-3-5-17-6-4-13/h3-7,15-16,21H,8-11H2,1-2H3/t15-,16-/m0/s1. The van der Waals surface area contributed by atoms with Gasteiger partial charge in [0.05, 0.1) is 6.20 Å². The van der Waals surface area contributed by atoms with Gasteiger partial charge >= 0.3 is 0 Å². The molecule has 21 heavy (non-hydrogen) atoms. The van der Waals surface area contributed by atoms with Crippen molar-refractivity contribution in [1.82, 2.24) is 19.7 Å². The Bertz CT molecular complexity index is 596. The van der Waals surface area contributed by atoms with Crippen molar-refractivity contribution in [2.24, 2.45) is 13.0 Å². The Morgan fingerprint density at radius 2 is 2.05 bits per heavy atom. The van der Waals surface area contributed by atoms with Crippen molar-refractivity contribution in [3.8, 4) is 0 Å². The van der Waals surface area contributed by atoms with Crippen LogP contribution in [-0.2, 0) is 13.6 Å². The van der Waals surface area contributed by atoms with E-state index < -0.39 is 0 Å². The molecule has 5 heteroatoms. The molecule has 0 amide bonds. The first-order chi connectivity index (χ1) is 10.2. The Morgan fingerprint density at radius 1 is 1.29 bits per heavy atom. The van der Waals surface area contributed by atoms with E-state index in [2.05, 4.69) is 34.0 Å². The van der Waals surface area contributed by atoms with E-state index in [1.54, 1.807) is 0 Å². The lowest BCUT2D eigenvalue weighted by Gasteiger charge is -2.16. The molecule has 2 aromatic heterocycles. The molecule has 0 aromatic carbocycles. The molecule has 3 heterocycles. The van der Waals surface area contributed by atoms with Crippen molar-refractivity contribution in [1.29, 1.82) is 0 Å². The molecule has 1 fully saturated rings. The molecule has 0 bridgehead atoms. The Balaban J connectivity index is 1.74. The maximum absolute atomic E-state index is 9.68. The summed E-state index contributed by atoms with van der Waals surface area (Å²) in [6, 6.07) is 4.12. The highest BCUT2D eigenvalue weighted by Gasteiger charge is 2.33. The molecule has 1 aliphatic rings. The number of aryl methyl sites for hydroxylation is 1. The van der Waals surface area contributed by atoms with Crippen LogP contribution < -0.4 is 0 Å². The number of aliphatic hydroxyl groups excluding tert-OH is 1. The third-order valence-corrected chi connectivity index (χ3v) is 4.62. The minimum absolute atomic E-state index is 0.232. The fourth-order valence-electron chi connectivity index (χ4n) is 3.20. The van der Waals surface area contributed by atoms with Gasteiger partial charge in [-0.05, 0) is 24.6 Å². The van der Waals surface area contributed by atoms with Crippen molar-refractivity contribution >= 4 is 0 Å². The molecule has 0 aliphatic carbocycles. The van der Waals surface area contributed by atoms with E-state index >= 15 is 0 Å². The van der Waals surface area contributed by atoms with E-state index in [1.807, 2.05) is 30.3 Å². The quantitative estimate of drug-likeness (QED) is 0.921. The van der Waals surface area contributed by atoms with Gasteiger partial charge in [-0.15, -0.1) is 0 Å². The molecule has 1 aliphatic heterocycles. The summed E-state index contributed by atoms with van der Waals surface area (Å²) < 4.78 is 1.91. The summed E-state index contributed by atoms with van der Waals surface area (Å²) in [5, 5.41) is 14.0. The van der Waals surface area contributed by atoms with Gasteiger partial charge in [-0.3, -0.25) is 14.6 Å². The van der Waals surface area contributed by atoms with Gasteiger partial charge in [0.1, 0.15) is 0 Å². The molecular weight excluding hydrogens is 264 g/mol. The van der Waals surface area contributed by atoms with Crippen LogP contribution in [0.2, 0.25) is 0 Å². The summed E-state index contributed by atoms with van der Waals surface area (Å²) in [5.74, 6) is 0.680. The van der Waals surface area contributed by atoms with Gasteiger partial charge in [0.2, 0.25) is 0 Å². The molecule has 0 radical (unpaired) electrons. The summed E-state index contributed by atoms with van der Waals surface area (Å²) in [6.07, 6.45) is 5.61. The molecule has 2 atom stereocenters. The molecule has 1 saturated heterocycles. The lowest BCUT2D eigenvalue weighted by molar-refractivity contribution is 0.214. The maximum atomic E-state index is 9.68. The van der Waals surface area contributed by atoms with E-state index in [-0.39, 0.29) is 6.61 Å². The van der Waals surface area contributed by atoms with Crippen LogP contribution in [0.3, 0.4) is 0 Å². The molecule has 3 rings (SSSR count). The van der Waals surface area contributed by atoms with Crippen LogP contribution in [0.1, 0.15) is 22.7 Å². The number of hydrogen-bond donors (Lipinski definition) is 1. The minimum atomic E-state index is 0.232. The van der Waals surface area contributed by atoms with Crippen LogP contribution in [0.25, 0.3) is 0 Å². The zero-order valence-corrected chi connectivity index (χ0v) is 12.6. The van der Waals surface area contributed by atoms with Gasteiger partial charge in [0, 0.05) is 68.8 Å². The smallest absolute Gasteiger partial charge is 0.0537 e. The van der Waals surface area contributed by atoms with Crippen LogP contribution in [0.5, 0.6) is 0 Å². The van der Waals surface area contributed by atoms with Gasteiger partial charge in [0.25, 0.3) is 0 Å². The zero-order valence-electron chi connectivity index (χ0n) is 12.6. The number of hydrogen-bond acceptors (Lipinski definition) is 4. The van der Waals surface area contributed by atoms with Crippen LogP contribution in [0.15, 0.2) is 30.7 Å². The number of rotatable bonds is 4. The molecule has 1 N–H and O–H groups in total. The summed E-state index contributed by atoms with van der Waals surface area (Å²) in [6.45, 7) is 5.14. The van der Waals surface area contributed by atoms with Crippen LogP contribution in [0, 0.1) is 12.8 Å². The van der Waals surface area contributed by atoms with Gasteiger partial charge < -0.3 is 5.11 Å². The van der Waals surface area contributed by atoms with Gasteiger partial charge in [-0.2, -0.15) is 5.10 Å². The number of likely N-dealkylation sites (tertiary alicyclic amines) is 1. The van der Waals surface area contributed by atoms with Crippen LogP contribution in [-0.4, -0.2) is 44.5 Å². The average molecular weight is 286 g/mol. The van der Waals surface area contributed by atoms with E-state index in [4.69, 9.17) is 0 Å². The first-order valence-electron chi connectivity index (χ1n) is 7.39. The van der Waals surface area contributed by atoms with Crippen molar-refractivity contribution in [3.05, 3.63) is 47.5 Å². The number of aliphatic hydroxyl groups is 1. The second-order valence-corrected chi connectivity index (χ2v) is 5.90. The van der Waals surface area contributed by atoms with Crippen molar-refractivity contribution < 1.29 is 5.11 Å². The number of pyridine rings is 1. The second kappa shape index (κ2) is 5.95. The fourth-order valence-corrected chi connectivity index (χ4v) is 3.20. The second-order valence-electron chi connectivity index (χ2n) is 5.90. The number of aromatic nitrogens is 3. The van der Waals surface area contributed by atoms with Crippen molar-refractivity contribution in [2.45, 2.75) is 19.4 Å². The average Bonchev–Trinajstić information content (AvgIpc) is 3.07. The molecule has 0 unspecified atom stereocenters. The predicted molar refractivity (Wildman–Crippen MR) is 80.8 cm³/mol. The molecular formula is C16H22N4O. The number of nitrogens with zero attached hydrogens (tertiary/aromatic N) is 4. The van der Waals surface area contributed by atoms with Crippen LogP contribution >= 0.6 is 0 Å². The Morgan fingerprint density at radius 3 is 2.67 bits per heavy atom. The summed E-state index contributed by atoms with van der Waals surface area (Å²) in [7, 11) is 1.97. The fraction of sp³-hybridized carbons (Fsp3) is 0.500. The molecule has 0 spiro atoms. The lowest BCUT2D eigenvalue weighted by Crippen LogP contribution is -2.21. The van der Waals surface area contributed by atoms with Crippen molar-refractivity contribution in [2.75, 3.05) is 19.7 Å². The lowest BCUT2D eigenvalue weighted by atomic mass is 9.90. The maximum Gasteiger partial charge on any atom is 0.0537 e. The highest BCUT2D eigenvalue weighted by Crippen LogP contribution is 2.33. The first kappa shape index (κ1) is 14.2. The summed E-state index contributed by atoms with van der Waals surface area (Å²) >= 11 is 0. The minimum Gasteiger partial charge on any atom is -0.396 e. The third-order valence-electron chi connectivity index (χ3n) is 4.62. The predicted octanol–water partition coefficient (Wildman–Crippen LogP) is 1.33. The van der Waals surface area contributed by atoms with Gasteiger partial charge in [-0.25, -0.2) is 0 Å². The van der Waals surface area contributed by atoms with E-state index in [0.29, 0.717) is 11.8 Å². The Kier molecular flexibility index (Phi) is 4.03. The SMILES string of the molecule is Cc1c(CN2C[C@@H](CO)[C@H](c3ccncc3)C2)cnn1C. The van der Waals surface area contributed by atoms with E-state index in [0.717, 1.165) is 19.6 Å². The van der Waals surface area contributed by atoms with Crippen molar-refractivity contribution in [3.63, 3.8) is 0 Å². The van der Waals surface area contributed by atoms with E-state index in [9.17, 15) is 5.11 Å². The zero-order chi connectivity index (χ0) is 14.8. The van der Waals surface area contributed by atoms with Gasteiger partial charge in [-0.1, -0.05) is 0 Å². The third kappa shape index (κ3) is 2.84. The van der Waals surface area contributed by atoms with Crippen LogP contribution in [0.4, 0.5) is 0 Å². The molecule has 0 saturated carbocycles. The molecule has 112 valence electrons. The highest BCUT2D eigenvalue weighted by molar-refractivity contribution is 5.21. The topological polar surface area (TPSA) is 54.2 Å². The molecule has 2 aromatic rings. The Hall–Kier alpha value is -1.72. The summed E-state index contributed by atoms with van der Waals surface area (Å²) in [5.41, 5.74) is 3.75. The van der Waals surface area contributed by atoms with Gasteiger partial charge in [0.15, 0.2) is 0 Å². The molecule has 5 nitrogen and oxygen atoms in total.